The molecule has 148 valence electrons. The molecule has 0 aromatic carbocycles. The number of hydrogen-bond donors (Lipinski definition) is 2. The first kappa shape index (κ1) is 24.8. The minimum atomic E-state index is 0.931. The highest BCUT2D eigenvalue weighted by Gasteiger charge is 1.99. The van der Waals surface area contributed by atoms with Crippen LogP contribution in [-0.2, 0) is 0 Å². The van der Waals surface area contributed by atoms with Crippen LogP contribution >= 0.6 is 24.4 Å². The highest BCUT2D eigenvalue weighted by atomic mass is 32.1. The van der Waals surface area contributed by atoms with Crippen LogP contribution in [0.1, 0.15) is 110 Å². The van der Waals surface area contributed by atoms with Crippen molar-refractivity contribution in [1.82, 2.24) is 10.6 Å². The molecule has 0 aromatic heterocycles. The molecule has 25 heavy (non-hydrogen) atoms. The molecule has 0 aliphatic rings. The second-order valence-corrected chi connectivity index (χ2v) is 8.03. The Morgan fingerprint density at radius 3 is 1.52 bits per heavy atom. The maximum atomic E-state index is 5.42. The van der Waals surface area contributed by atoms with Gasteiger partial charge in [0.05, 0.1) is 9.98 Å². The summed E-state index contributed by atoms with van der Waals surface area (Å²) in [5.74, 6) is 0. The van der Waals surface area contributed by atoms with E-state index < -0.39 is 0 Å². The lowest BCUT2D eigenvalue weighted by molar-refractivity contribution is 0.551. The fourth-order valence-electron chi connectivity index (χ4n) is 2.96. The van der Waals surface area contributed by atoms with E-state index in [1.165, 1.54) is 70.6 Å². The van der Waals surface area contributed by atoms with Gasteiger partial charge in [0.25, 0.3) is 0 Å². The Bertz CT molecular complexity index is 319. The summed E-state index contributed by atoms with van der Waals surface area (Å²) in [6, 6.07) is 0. The van der Waals surface area contributed by atoms with Crippen LogP contribution in [0.5, 0.6) is 0 Å². The predicted octanol–water partition coefficient (Wildman–Crippen LogP) is 6.71. The molecule has 0 amide bonds. The van der Waals surface area contributed by atoms with Crippen LogP contribution in [0.3, 0.4) is 0 Å². The Balaban J connectivity index is 3.21. The third kappa shape index (κ3) is 19.9. The van der Waals surface area contributed by atoms with Gasteiger partial charge in [0, 0.05) is 13.1 Å². The van der Waals surface area contributed by atoms with Crippen molar-refractivity contribution in [3.05, 3.63) is 0 Å². The van der Waals surface area contributed by atoms with E-state index >= 15 is 0 Å². The lowest BCUT2D eigenvalue weighted by Gasteiger charge is -2.08. The normalized spacial score (nSPS) is 10.6. The summed E-state index contributed by atoms with van der Waals surface area (Å²) >= 11 is 10.6. The second kappa shape index (κ2) is 20.1. The van der Waals surface area contributed by atoms with Gasteiger partial charge in [-0.25, -0.2) is 0 Å². The minimum absolute atomic E-state index is 0.931. The summed E-state index contributed by atoms with van der Waals surface area (Å²) in [7, 11) is 0. The zero-order valence-corrected chi connectivity index (χ0v) is 18.5. The van der Waals surface area contributed by atoms with Crippen LogP contribution in [0, 0.1) is 0 Å². The van der Waals surface area contributed by atoms with Crippen molar-refractivity contribution in [2.24, 2.45) is 0 Å². The SMILES string of the molecule is CCCCCCCCCCCCCC(=S)NCCCCC(=S)NCC. The molecule has 0 radical (unpaired) electrons. The van der Waals surface area contributed by atoms with Gasteiger partial charge in [-0.1, -0.05) is 95.6 Å². The average molecular weight is 387 g/mol. The molecule has 0 saturated carbocycles. The van der Waals surface area contributed by atoms with E-state index in [4.69, 9.17) is 24.4 Å². The molecule has 0 bridgehead atoms. The lowest BCUT2D eigenvalue weighted by Crippen LogP contribution is -2.23. The first-order valence-electron chi connectivity index (χ1n) is 10.7. The monoisotopic (exact) mass is 386 g/mol. The molecule has 0 aliphatic carbocycles. The molecule has 4 heteroatoms. The van der Waals surface area contributed by atoms with E-state index in [1.54, 1.807) is 0 Å². The molecule has 0 spiro atoms. The first-order chi connectivity index (χ1) is 12.2. The van der Waals surface area contributed by atoms with Crippen LogP contribution in [0.4, 0.5) is 0 Å². The van der Waals surface area contributed by atoms with Crippen LogP contribution in [0.25, 0.3) is 0 Å². The molecule has 2 N–H and O–H groups in total. The quantitative estimate of drug-likeness (QED) is 0.202. The summed E-state index contributed by atoms with van der Waals surface area (Å²) in [5.41, 5.74) is 0. The van der Waals surface area contributed by atoms with Crippen molar-refractivity contribution in [3.63, 3.8) is 0 Å². The van der Waals surface area contributed by atoms with Gasteiger partial charge in [-0.2, -0.15) is 0 Å². The summed E-state index contributed by atoms with van der Waals surface area (Å²) < 4.78 is 0. The van der Waals surface area contributed by atoms with E-state index in [-0.39, 0.29) is 0 Å². The summed E-state index contributed by atoms with van der Waals surface area (Å²) in [6.07, 6.45) is 19.6. The van der Waals surface area contributed by atoms with Gasteiger partial charge in [-0.05, 0) is 39.0 Å². The minimum Gasteiger partial charge on any atom is -0.380 e. The Kier molecular flexibility index (Phi) is 19.9. The summed E-state index contributed by atoms with van der Waals surface area (Å²) in [5, 5.41) is 6.59. The third-order valence-corrected chi connectivity index (χ3v) is 5.23. The molecule has 0 fully saturated rings. The lowest BCUT2D eigenvalue weighted by atomic mass is 10.1. The van der Waals surface area contributed by atoms with Gasteiger partial charge >= 0.3 is 0 Å². The van der Waals surface area contributed by atoms with Crippen LogP contribution in [0.2, 0.25) is 0 Å². The molecular formula is C21H42N2S2. The van der Waals surface area contributed by atoms with Gasteiger partial charge in [0.1, 0.15) is 0 Å². The van der Waals surface area contributed by atoms with E-state index in [9.17, 15) is 0 Å². The molecule has 0 unspecified atom stereocenters. The Labute approximate surface area is 168 Å². The molecule has 0 aliphatic heterocycles. The summed E-state index contributed by atoms with van der Waals surface area (Å²) in [4.78, 5) is 2.04. The topological polar surface area (TPSA) is 24.1 Å². The van der Waals surface area contributed by atoms with Gasteiger partial charge < -0.3 is 10.6 Å². The maximum absolute atomic E-state index is 5.42. The van der Waals surface area contributed by atoms with E-state index in [0.717, 1.165) is 48.7 Å². The Hall–Kier alpha value is -0.220. The number of unbranched alkanes of at least 4 members (excludes halogenated alkanes) is 11. The summed E-state index contributed by atoms with van der Waals surface area (Å²) in [6.45, 7) is 6.29. The smallest absolute Gasteiger partial charge is 0.0753 e. The van der Waals surface area contributed by atoms with Gasteiger partial charge in [0.2, 0.25) is 0 Å². The molecule has 0 aromatic rings. The number of rotatable bonds is 18. The zero-order valence-electron chi connectivity index (χ0n) is 16.8. The van der Waals surface area contributed by atoms with Crippen LogP contribution < -0.4 is 10.6 Å². The Morgan fingerprint density at radius 2 is 1.00 bits per heavy atom. The van der Waals surface area contributed by atoms with Crippen molar-refractivity contribution in [2.45, 2.75) is 110 Å². The van der Waals surface area contributed by atoms with Crippen molar-refractivity contribution in [3.8, 4) is 0 Å². The van der Waals surface area contributed by atoms with Crippen molar-refractivity contribution in [1.29, 1.82) is 0 Å². The Morgan fingerprint density at radius 1 is 0.560 bits per heavy atom. The van der Waals surface area contributed by atoms with Gasteiger partial charge in [-0.15, -0.1) is 0 Å². The molecular weight excluding hydrogens is 344 g/mol. The largest absolute Gasteiger partial charge is 0.380 e. The number of thiocarbonyl (C=S) groups is 2. The highest BCUT2D eigenvalue weighted by molar-refractivity contribution is 7.80. The van der Waals surface area contributed by atoms with Gasteiger partial charge in [0.15, 0.2) is 0 Å². The fourth-order valence-corrected chi connectivity index (χ4v) is 3.50. The maximum Gasteiger partial charge on any atom is 0.0753 e. The predicted molar refractivity (Wildman–Crippen MR) is 122 cm³/mol. The van der Waals surface area contributed by atoms with Crippen molar-refractivity contribution >= 4 is 34.4 Å². The fraction of sp³-hybridized carbons (Fsp3) is 0.905. The van der Waals surface area contributed by atoms with Gasteiger partial charge in [-0.3, -0.25) is 0 Å². The third-order valence-electron chi connectivity index (χ3n) is 4.53. The molecule has 0 saturated heterocycles. The van der Waals surface area contributed by atoms with E-state index in [0.29, 0.717) is 0 Å². The molecule has 0 rings (SSSR count). The standard InChI is InChI=1S/C21H42N2S2/c1-3-5-6-7-8-9-10-11-12-13-14-17-21(25)23-19-16-15-18-20(24)22-4-2/h3-19H2,1-2H3,(H,22,24)(H,23,25). The highest BCUT2D eigenvalue weighted by Crippen LogP contribution is 2.12. The van der Waals surface area contributed by atoms with Crippen molar-refractivity contribution in [2.75, 3.05) is 13.1 Å². The average Bonchev–Trinajstić information content (AvgIpc) is 2.59. The first-order valence-corrected chi connectivity index (χ1v) is 11.6. The van der Waals surface area contributed by atoms with Crippen LogP contribution in [0.15, 0.2) is 0 Å². The molecule has 0 heterocycles. The molecule has 2 nitrogen and oxygen atoms in total. The van der Waals surface area contributed by atoms with Crippen molar-refractivity contribution < 1.29 is 0 Å². The number of hydrogen-bond acceptors (Lipinski definition) is 2. The van der Waals surface area contributed by atoms with Crippen LogP contribution in [-0.4, -0.2) is 23.1 Å². The molecule has 0 atom stereocenters. The van der Waals surface area contributed by atoms with E-state index in [1.807, 2.05) is 0 Å². The number of nitrogens with one attached hydrogen (secondary N) is 2. The second-order valence-electron chi connectivity index (χ2n) is 7.05. The zero-order chi connectivity index (χ0) is 18.6. The van der Waals surface area contributed by atoms with E-state index in [2.05, 4.69) is 24.5 Å².